The van der Waals surface area contributed by atoms with Crippen LogP contribution in [0.1, 0.15) is 32.3 Å². The molecular weight excluding hydrogens is 280 g/mol. The van der Waals surface area contributed by atoms with Crippen LogP contribution in [0.3, 0.4) is 0 Å². The van der Waals surface area contributed by atoms with E-state index in [2.05, 4.69) is 28.7 Å². The summed E-state index contributed by atoms with van der Waals surface area (Å²) in [6.45, 7) is 6.86. The van der Waals surface area contributed by atoms with Crippen LogP contribution in [-0.4, -0.2) is 56.4 Å². The highest BCUT2D eigenvalue weighted by Gasteiger charge is 2.64. The van der Waals surface area contributed by atoms with Gasteiger partial charge in [-0.25, -0.2) is 0 Å². The molecule has 1 aromatic rings. The van der Waals surface area contributed by atoms with Crippen LogP contribution >= 0.6 is 0 Å². The van der Waals surface area contributed by atoms with Crippen molar-refractivity contribution in [2.75, 3.05) is 13.2 Å². The smallest absolute Gasteiger partial charge is 0.226 e. The molecule has 0 saturated carbocycles. The van der Waals surface area contributed by atoms with Gasteiger partial charge in [0.1, 0.15) is 0 Å². The first-order valence-corrected chi connectivity index (χ1v) is 8.19. The Morgan fingerprint density at radius 1 is 1.50 bits per heavy atom. The van der Waals surface area contributed by atoms with Gasteiger partial charge in [0.25, 0.3) is 0 Å². The van der Waals surface area contributed by atoms with Crippen molar-refractivity contribution < 1.29 is 9.53 Å². The topological polar surface area (TPSA) is 50.6 Å². The number of amides is 1. The first-order chi connectivity index (χ1) is 10.5. The van der Waals surface area contributed by atoms with Gasteiger partial charge >= 0.3 is 0 Å². The number of aryl methyl sites for hydroxylation is 1. The molecule has 22 heavy (non-hydrogen) atoms. The van der Waals surface area contributed by atoms with E-state index in [-0.39, 0.29) is 23.7 Å². The molecule has 0 N–H and O–H groups in total. The molecule has 0 aromatic carbocycles. The van der Waals surface area contributed by atoms with Gasteiger partial charge in [-0.15, -0.1) is 0 Å². The highest BCUT2D eigenvalue weighted by atomic mass is 16.5. The second kappa shape index (κ2) is 4.80. The number of hydrogen-bond donors (Lipinski definition) is 0. The second-order valence-corrected chi connectivity index (χ2v) is 7.19. The number of nitrogens with zero attached hydrogens (tertiary/aromatic N) is 4. The van der Waals surface area contributed by atoms with Crippen molar-refractivity contribution in [3.63, 3.8) is 0 Å². The van der Waals surface area contributed by atoms with Crippen LogP contribution in [0.2, 0.25) is 0 Å². The Bertz CT molecular complexity index is 599. The second-order valence-electron chi connectivity index (χ2n) is 7.19. The zero-order valence-corrected chi connectivity index (χ0v) is 13.5. The van der Waals surface area contributed by atoms with Crippen LogP contribution in [0.5, 0.6) is 0 Å². The fourth-order valence-electron chi connectivity index (χ4n) is 4.43. The maximum atomic E-state index is 12.6. The van der Waals surface area contributed by atoms with E-state index in [4.69, 9.17) is 4.74 Å². The van der Waals surface area contributed by atoms with Crippen LogP contribution in [0.15, 0.2) is 12.4 Å². The Balaban J connectivity index is 1.58. The van der Waals surface area contributed by atoms with Crippen LogP contribution in [-0.2, 0) is 23.1 Å². The van der Waals surface area contributed by atoms with E-state index in [1.165, 1.54) is 5.56 Å². The van der Waals surface area contributed by atoms with Crippen LogP contribution in [0.4, 0.5) is 0 Å². The molecule has 120 valence electrons. The van der Waals surface area contributed by atoms with E-state index in [1.54, 1.807) is 0 Å². The molecule has 0 bridgehead atoms. The number of ether oxygens (including phenoxy) is 1. The Hall–Kier alpha value is -1.40. The largest absolute Gasteiger partial charge is 0.352 e. The van der Waals surface area contributed by atoms with Crippen molar-refractivity contribution in [1.82, 2.24) is 19.6 Å². The third kappa shape index (κ3) is 1.86. The molecule has 0 unspecified atom stereocenters. The van der Waals surface area contributed by atoms with Crippen molar-refractivity contribution >= 4 is 5.91 Å². The average molecular weight is 304 g/mol. The maximum absolute atomic E-state index is 12.6. The summed E-state index contributed by atoms with van der Waals surface area (Å²) in [4.78, 5) is 17.1. The van der Waals surface area contributed by atoms with Gasteiger partial charge in [-0.05, 0) is 5.92 Å². The summed E-state index contributed by atoms with van der Waals surface area (Å²) in [5, 5.41) is 4.24. The van der Waals surface area contributed by atoms with Crippen molar-refractivity contribution in [1.29, 1.82) is 0 Å². The number of likely N-dealkylation sites (tertiary alicyclic amines) is 1. The Morgan fingerprint density at radius 3 is 3.00 bits per heavy atom. The molecule has 1 aromatic heterocycles. The number of carbonyl (C=O) groups is 1. The Morgan fingerprint density at radius 2 is 2.32 bits per heavy atom. The lowest BCUT2D eigenvalue weighted by Crippen LogP contribution is -2.50. The molecule has 6 nitrogen and oxygen atoms in total. The van der Waals surface area contributed by atoms with Crippen molar-refractivity contribution in [2.45, 2.75) is 51.0 Å². The van der Waals surface area contributed by atoms with E-state index < -0.39 is 0 Å². The average Bonchev–Trinajstić information content (AvgIpc) is 3.16. The molecule has 1 amide bonds. The van der Waals surface area contributed by atoms with E-state index >= 15 is 0 Å². The summed E-state index contributed by atoms with van der Waals surface area (Å²) in [5.74, 6) is 0.700. The van der Waals surface area contributed by atoms with Crippen LogP contribution < -0.4 is 0 Å². The number of hydrogen-bond acceptors (Lipinski definition) is 4. The van der Waals surface area contributed by atoms with Gasteiger partial charge in [-0.2, -0.15) is 5.10 Å². The zero-order valence-electron chi connectivity index (χ0n) is 13.5. The standard InChI is InChI=1S/C16H24N4O2/c1-11(2)13-10-22-16-4-5-19(9-12-7-17-18(3)8-12)14(16)6-15(21)20(13)16/h7-8,11,13-14H,4-6,9-10H2,1-3H3/t13-,14+,16-/m0/s1. The van der Waals surface area contributed by atoms with Gasteiger partial charge in [0.15, 0.2) is 5.72 Å². The summed E-state index contributed by atoms with van der Waals surface area (Å²) < 4.78 is 8.08. The SMILES string of the molecule is CC(C)[C@@H]1CO[C@@]23CCN(Cc4cnn(C)c4)[C@@H]2CC(=O)N13. The third-order valence-electron chi connectivity index (χ3n) is 5.51. The molecule has 1 spiro atoms. The van der Waals surface area contributed by atoms with E-state index in [0.29, 0.717) is 18.9 Å². The highest BCUT2D eigenvalue weighted by Crippen LogP contribution is 2.49. The van der Waals surface area contributed by atoms with E-state index in [1.807, 2.05) is 24.1 Å². The maximum Gasteiger partial charge on any atom is 0.226 e. The molecule has 4 heterocycles. The van der Waals surface area contributed by atoms with Gasteiger partial charge in [0, 0.05) is 44.7 Å². The summed E-state index contributed by atoms with van der Waals surface area (Å²) in [5.41, 5.74) is 0.831. The fraction of sp³-hybridized carbons (Fsp3) is 0.750. The Kier molecular flexibility index (Phi) is 3.10. The molecule has 3 aliphatic heterocycles. The van der Waals surface area contributed by atoms with Crippen LogP contribution in [0, 0.1) is 5.92 Å². The molecule has 3 atom stereocenters. The number of aromatic nitrogens is 2. The summed E-state index contributed by atoms with van der Waals surface area (Å²) in [6.07, 6.45) is 5.47. The molecular formula is C16H24N4O2. The Labute approximate surface area is 131 Å². The van der Waals surface area contributed by atoms with Crippen molar-refractivity contribution in [3.05, 3.63) is 18.0 Å². The molecule has 4 rings (SSSR count). The first-order valence-electron chi connectivity index (χ1n) is 8.19. The van der Waals surface area contributed by atoms with Crippen molar-refractivity contribution in [2.24, 2.45) is 13.0 Å². The van der Waals surface area contributed by atoms with Gasteiger partial charge in [-0.1, -0.05) is 13.8 Å². The minimum absolute atomic E-state index is 0.184. The summed E-state index contributed by atoms with van der Waals surface area (Å²) in [7, 11) is 1.93. The molecule has 0 radical (unpaired) electrons. The minimum atomic E-state index is -0.367. The highest BCUT2D eigenvalue weighted by molar-refractivity contribution is 5.82. The normalized spacial score (nSPS) is 34.7. The lowest BCUT2D eigenvalue weighted by atomic mass is 10.0. The van der Waals surface area contributed by atoms with Gasteiger partial charge in [0.05, 0.1) is 24.9 Å². The molecule has 0 aliphatic carbocycles. The number of rotatable bonds is 3. The minimum Gasteiger partial charge on any atom is -0.352 e. The lowest BCUT2D eigenvalue weighted by molar-refractivity contribution is -0.139. The first kappa shape index (κ1) is 14.2. The molecule has 3 saturated heterocycles. The predicted octanol–water partition coefficient (Wildman–Crippen LogP) is 0.978. The van der Waals surface area contributed by atoms with Crippen molar-refractivity contribution in [3.8, 4) is 0 Å². The van der Waals surface area contributed by atoms with E-state index in [9.17, 15) is 4.79 Å². The summed E-state index contributed by atoms with van der Waals surface area (Å²) in [6, 6.07) is 0.416. The number of carbonyl (C=O) groups excluding carboxylic acids is 1. The molecule has 6 heteroatoms. The quantitative estimate of drug-likeness (QED) is 0.835. The molecule has 3 fully saturated rings. The zero-order chi connectivity index (χ0) is 15.5. The molecule has 3 aliphatic rings. The third-order valence-corrected chi connectivity index (χ3v) is 5.51. The van der Waals surface area contributed by atoms with Gasteiger partial charge in [0.2, 0.25) is 5.91 Å². The van der Waals surface area contributed by atoms with Crippen LogP contribution in [0.25, 0.3) is 0 Å². The predicted molar refractivity (Wildman–Crippen MR) is 80.8 cm³/mol. The lowest BCUT2D eigenvalue weighted by Gasteiger charge is -2.34. The summed E-state index contributed by atoms with van der Waals surface area (Å²) >= 11 is 0. The van der Waals surface area contributed by atoms with Gasteiger partial charge < -0.3 is 9.64 Å². The van der Waals surface area contributed by atoms with Gasteiger partial charge in [-0.3, -0.25) is 14.4 Å². The monoisotopic (exact) mass is 304 g/mol. The fourth-order valence-corrected chi connectivity index (χ4v) is 4.43. The van der Waals surface area contributed by atoms with E-state index in [0.717, 1.165) is 19.5 Å².